The molecule has 0 aliphatic heterocycles. The van der Waals surface area contributed by atoms with Crippen molar-refractivity contribution in [3.05, 3.63) is 81.4 Å². The van der Waals surface area contributed by atoms with E-state index in [0.717, 1.165) is 27.9 Å². The first-order valence-corrected chi connectivity index (χ1v) is 8.52. The Labute approximate surface area is 154 Å². The topological polar surface area (TPSA) is 70.9 Å². The number of benzene rings is 2. The number of pyridine rings is 1. The second-order valence-corrected chi connectivity index (χ2v) is 6.53. The van der Waals surface area contributed by atoms with Crippen LogP contribution in [0.1, 0.15) is 11.3 Å². The molecule has 0 spiro atoms. The van der Waals surface area contributed by atoms with Gasteiger partial charge in [0, 0.05) is 22.5 Å². The molecular weight excluding hydrogens is 350 g/mol. The Morgan fingerprint density at radius 1 is 1.12 bits per heavy atom. The average Bonchev–Trinajstić information content (AvgIpc) is 2.99. The van der Waals surface area contributed by atoms with E-state index in [2.05, 4.69) is 10.1 Å². The maximum absolute atomic E-state index is 12.8. The zero-order valence-electron chi connectivity index (χ0n) is 14.0. The summed E-state index contributed by atoms with van der Waals surface area (Å²) in [6, 6.07) is 14.6. The minimum Gasteiger partial charge on any atom is -0.392 e. The van der Waals surface area contributed by atoms with Gasteiger partial charge in [-0.2, -0.15) is 0 Å². The van der Waals surface area contributed by atoms with Gasteiger partial charge in [0.2, 0.25) is 0 Å². The lowest BCUT2D eigenvalue weighted by Crippen LogP contribution is -2.14. The molecule has 0 aliphatic carbocycles. The van der Waals surface area contributed by atoms with Crippen molar-refractivity contribution < 1.29 is 5.11 Å². The van der Waals surface area contributed by atoms with E-state index in [9.17, 15) is 9.90 Å². The number of halogens is 1. The Hall–Kier alpha value is -2.89. The molecule has 0 bridgehead atoms. The Bertz CT molecular complexity index is 1140. The van der Waals surface area contributed by atoms with E-state index in [1.165, 1.54) is 4.68 Å². The maximum Gasteiger partial charge on any atom is 0.280 e. The van der Waals surface area contributed by atoms with Gasteiger partial charge in [-0.1, -0.05) is 35.9 Å². The van der Waals surface area contributed by atoms with E-state index in [1.54, 1.807) is 30.5 Å². The monoisotopic (exact) mass is 365 g/mol. The van der Waals surface area contributed by atoms with E-state index >= 15 is 0 Å². The molecule has 6 heteroatoms. The van der Waals surface area contributed by atoms with Crippen molar-refractivity contribution in [1.29, 1.82) is 0 Å². The molecule has 2 aromatic heterocycles. The summed E-state index contributed by atoms with van der Waals surface area (Å²) in [5.41, 5.74) is 4.73. The van der Waals surface area contributed by atoms with Crippen molar-refractivity contribution in [2.24, 2.45) is 0 Å². The number of aromatic amines is 1. The summed E-state index contributed by atoms with van der Waals surface area (Å²) in [7, 11) is 0. The number of H-pyrrole nitrogens is 1. The number of hydrogen-bond donors (Lipinski definition) is 2. The molecule has 0 saturated heterocycles. The Kier molecular flexibility index (Phi) is 4.11. The van der Waals surface area contributed by atoms with Crippen LogP contribution in [0.4, 0.5) is 0 Å². The molecule has 2 heterocycles. The molecule has 0 aliphatic rings. The van der Waals surface area contributed by atoms with Crippen LogP contribution in [0.3, 0.4) is 0 Å². The van der Waals surface area contributed by atoms with Crippen molar-refractivity contribution in [2.75, 3.05) is 0 Å². The summed E-state index contributed by atoms with van der Waals surface area (Å²) < 4.78 is 1.49. The molecule has 2 N–H and O–H groups in total. The Morgan fingerprint density at radius 3 is 2.46 bits per heavy atom. The van der Waals surface area contributed by atoms with E-state index in [4.69, 9.17) is 11.6 Å². The standard InChI is InChI=1S/C20H16ClN3O2/c1-12-18(14-4-2-13(11-25)3-5-14)19-17(10-22-12)20(26)24(23-19)16-8-6-15(21)7-9-16/h2-10,23,25H,11H2,1H3. The van der Waals surface area contributed by atoms with E-state index in [0.29, 0.717) is 16.1 Å². The zero-order valence-corrected chi connectivity index (χ0v) is 14.8. The number of aliphatic hydroxyl groups is 1. The molecule has 130 valence electrons. The minimum atomic E-state index is -0.164. The fraction of sp³-hybridized carbons (Fsp3) is 0.100. The third kappa shape index (κ3) is 2.71. The number of aromatic nitrogens is 3. The number of aliphatic hydroxyl groups excluding tert-OH is 1. The molecule has 0 saturated carbocycles. The lowest BCUT2D eigenvalue weighted by atomic mass is 10.0. The molecule has 0 unspecified atom stereocenters. The molecule has 0 fully saturated rings. The lowest BCUT2D eigenvalue weighted by Gasteiger charge is -2.07. The summed E-state index contributed by atoms with van der Waals surface area (Å²) in [5.74, 6) is 0. The summed E-state index contributed by atoms with van der Waals surface area (Å²) in [4.78, 5) is 17.2. The number of rotatable bonds is 3. The van der Waals surface area contributed by atoms with Crippen LogP contribution in [-0.2, 0) is 6.61 Å². The minimum absolute atomic E-state index is 0.00844. The van der Waals surface area contributed by atoms with E-state index in [-0.39, 0.29) is 12.2 Å². The first kappa shape index (κ1) is 16.6. The molecule has 0 atom stereocenters. The molecule has 5 nitrogen and oxygen atoms in total. The van der Waals surface area contributed by atoms with Crippen LogP contribution in [0.2, 0.25) is 5.02 Å². The molecule has 4 rings (SSSR count). The van der Waals surface area contributed by atoms with Crippen LogP contribution in [0, 0.1) is 6.92 Å². The quantitative estimate of drug-likeness (QED) is 0.579. The van der Waals surface area contributed by atoms with Crippen LogP contribution in [0.5, 0.6) is 0 Å². The fourth-order valence-corrected chi connectivity index (χ4v) is 3.20. The van der Waals surface area contributed by atoms with Gasteiger partial charge in [0.15, 0.2) is 0 Å². The average molecular weight is 366 g/mol. The zero-order chi connectivity index (χ0) is 18.3. The van der Waals surface area contributed by atoms with E-state index in [1.807, 2.05) is 31.2 Å². The van der Waals surface area contributed by atoms with E-state index < -0.39 is 0 Å². The van der Waals surface area contributed by atoms with Gasteiger partial charge < -0.3 is 5.11 Å². The first-order chi connectivity index (χ1) is 12.6. The summed E-state index contributed by atoms with van der Waals surface area (Å²) in [6.45, 7) is 1.90. The number of nitrogens with one attached hydrogen (secondary N) is 1. The smallest absolute Gasteiger partial charge is 0.280 e. The number of nitrogens with zero attached hydrogens (tertiary/aromatic N) is 2. The lowest BCUT2D eigenvalue weighted by molar-refractivity contribution is 0.282. The highest BCUT2D eigenvalue weighted by molar-refractivity contribution is 6.30. The third-order valence-electron chi connectivity index (χ3n) is 4.44. The summed E-state index contributed by atoms with van der Waals surface area (Å²) in [5, 5.41) is 13.6. The Balaban J connectivity index is 1.96. The van der Waals surface area contributed by atoms with Crippen LogP contribution in [-0.4, -0.2) is 19.9 Å². The van der Waals surface area contributed by atoms with Gasteiger partial charge >= 0.3 is 0 Å². The molecular formula is C20H16ClN3O2. The SMILES string of the molecule is Cc1ncc2c(=O)n(-c3ccc(Cl)cc3)[nH]c2c1-c1ccc(CO)cc1. The highest BCUT2D eigenvalue weighted by Crippen LogP contribution is 2.29. The largest absolute Gasteiger partial charge is 0.392 e. The van der Waals surface area contributed by atoms with Crippen molar-refractivity contribution >= 4 is 22.5 Å². The fourth-order valence-electron chi connectivity index (χ4n) is 3.07. The summed E-state index contributed by atoms with van der Waals surface area (Å²) >= 11 is 5.94. The van der Waals surface area contributed by atoms with Gasteiger partial charge in [-0.3, -0.25) is 14.9 Å². The molecule has 4 aromatic rings. The van der Waals surface area contributed by atoms with Crippen molar-refractivity contribution in [3.63, 3.8) is 0 Å². The molecule has 26 heavy (non-hydrogen) atoms. The normalized spacial score (nSPS) is 11.2. The highest BCUT2D eigenvalue weighted by Gasteiger charge is 2.16. The maximum atomic E-state index is 12.8. The highest BCUT2D eigenvalue weighted by atomic mass is 35.5. The number of fused-ring (bicyclic) bond motifs is 1. The second-order valence-electron chi connectivity index (χ2n) is 6.09. The van der Waals surface area contributed by atoms with Crippen LogP contribution < -0.4 is 5.56 Å². The predicted molar refractivity (Wildman–Crippen MR) is 103 cm³/mol. The van der Waals surface area contributed by atoms with Gasteiger partial charge in [0.25, 0.3) is 5.56 Å². The summed E-state index contributed by atoms with van der Waals surface area (Å²) in [6.07, 6.45) is 1.60. The second kappa shape index (κ2) is 6.44. The van der Waals surface area contributed by atoms with Gasteiger partial charge in [-0.15, -0.1) is 0 Å². The van der Waals surface area contributed by atoms with Crippen molar-refractivity contribution in [3.8, 4) is 16.8 Å². The number of hydrogen-bond acceptors (Lipinski definition) is 3. The van der Waals surface area contributed by atoms with Gasteiger partial charge in [-0.25, -0.2) is 4.68 Å². The van der Waals surface area contributed by atoms with Crippen LogP contribution in [0.25, 0.3) is 27.7 Å². The Morgan fingerprint density at radius 2 is 1.81 bits per heavy atom. The molecule has 2 aromatic carbocycles. The van der Waals surface area contributed by atoms with Crippen LogP contribution in [0.15, 0.2) is 59.5 Å². The predicted octanol–water partition coefficient (Wildman–Crippen LogP) is 3.83. The van der Waals surface area contributed by atoms with Gasteiger partial charge in [-0.05, 0) is 42.3 Å². The van der Waals surface area contributed by atoms with Crippen molar-refractivity contribution in [2.45, 2.75) is 13.5 Å². The van der Waals surface area contributed by atoms with Gasteiger partial charge in [0.05, 0.1) is 23.2 Å². The van der Waals surface area contributed by atoms with Crippen molar-refractivity contribution in [1.82, 2.24) is 14.8 Å². The van der Waals surface area contributed by atoms with Crippen LogP contribution >= 0.6 is 11.6 Å². The number of aryl methyl sites for hydroxylation is 1. The molecule has 0 radical (unpaired) electrons. The molecule has 0 amide bonds. The third-order valence-corrected chi connectivity index (χ3v) is 4.69. The van der Waals surface area contributed by atoms with Gasteiger partial charge in [0.1, 0.15) is 0 Å². The first-order valence-electron chi connectivity index (χ1n) is 8.15.